The van der Waals surface area contributed by atoms with E-state index in [0.717, 1.165) is 18.3 Å². The van der Waals surface area contributed by atoms with Gasteiger partial charge in [-0.25, -0.2) is 0 Å². The molecule has 0 bridgehead atoms. The highest BCUT2D eigenvalue weighted by atomic mass is 16.5. The Morgan fingerprint density at radius 3 is 3.06 bits per heavy atom. The molecule has 2 atom stereocenters. The molecule has 4 heteroatoms. The molecule has 0 amide bonds. The van der Waals surface area contributed by atoms with Crippen LogP contribution in [0.5, 0.6) is 0 Å². The Kier molecular flexibility index (Phi) is 2.11. The fourth-order valence-corrected chi connectivity index (χ4v) is 3.41. The van der Waals surface area contributed by atoms with Gasteiger partial charge in [-0.15, -0.1) is 0 Å². The number of hydrogen-bond donors (Lipinski definition) is 0. The van der Waals surface area contributed by atoms with Gasteiger partial charge in [0.15, 0.2) is 0 Å². The van der Waals surface area contributed by atoms with E-state index in [4.69, 9.17) is 4.74 Å². The molecular weight excluding hydrogens is 228 g/mol. The van der Waals surface area contributed by atoms with Crippen LogP contribution in [-0.4, -0.2) is 22.4 Å². The smallest absolute Gasteiger partial charge is 0.327 e. The van der Waals surface area contributed by atoms with Gasteiger partial charge in [0.1, 0.15) is 6.54 Å². The molecule has 1 aromatic heterocycles. The summed E-state index contributed by atoms with van der Waals surface area (Å²) in [4.78, 5) is 11.6. The molecular formula is C14H18N2O2. The van der Waals surface area contributed by atoms with Gasteiger partial charge < -0.3 is 4.74 Å². The predicted molar refractivity (Wildman–Crippen MR) is 65.4 cm³/mol. The summed E-state index contributed by atoms with van der Waals surface area (Å²) in [6.45, 7) is 2.59. The van der Waals surface area contributed by atoms with Gasteiger partial charge in [-0.3, -0.25) is 9.48 Å². The van der Waals surface area contributed by atoms with E-state index in [2.05, 4.69) is 5.10 Å². The molecule has 2 fully saturated rings. The van der Waals surface area contributed by atoms with E-state index in [9.17, 15) is 4.79 Å². The molecule has 1 aromatic rings. The van der Waals surface area contributed by atoms with Gasteiger partial charge in [-0.1, -0.05) is 0 Å². The van der Waals surface area contributed by atoms with Crippen LogP contribution in [0.25, 0.3) is 0 Å². The highest BCUT2D eigenvalue weighted by Gasteiger charge is 2.50. The number of nitrogens with zero attached hydrogens (tertiary/aromatic N) is 2. The fraction of sp³-hybridized carbons (Fsp3) is 0.714. The lowest BCUT2D eigenvalue weighted by Gasteiger charge is -2.08. The first-order chi connectivity index (χ1) is 8.78. The molecule has 1 heterocycles. The third-order valence-electron chi connectivity index (χ3n) is 4.40. The minimum absolute atomic E-state index is 0.159. The molecule has 2 saturated carbocycles. The maximum atomic E-state index is 11.6. The van der Waals surface area contributed by atoms with Crippen molar-refractivity contribution >= 4 is 5.97 Å². The summed E-state index contributed by atoms with van der Waals surface area (Å²) in [5, 5.41) is 4.67. The molecule has 3 aliphatic rings. The third kappa shape index (κ3) is 1.51. The van der Waals surface area contributed by atoms with Gasteiger partial charge >= 0.3 is 5.97 Å². The van der Waals surface area contributed by atoms with Crippen molar-refractivity contribution in [2.75, 3.05) is 6.61 Å². The molecule has 0 aliphatic heterocycles. The van der Waals surface area contributed by atoms with Crippen LogP contribution >= 0.6 is 0 Å². The number of carbonyl (C=O) groups is 1. The van der Waals surface area contributed by atoms with E-state index < -0.39 is 0 Å². The van der Waals surface area contributed by atoms with Crippen molar-refractivity contribution in [2.24, 2.45) is 5.92 Å². The van der Waals surface area contributed by atoms with Crippen molar-refractivity contribution in [2.45, 2.75) is 51.0 Å². The van der Waals surface area contributed by atoms with Crippen molar-refractivity contribution in [3.8, 4) is 0 Å². The summed E-state index contributed by atoms with van der Waals surface area (Å²) >= 11 is 0. The highest BCUT2D eigenvalue weighted by Crippen LogP contribution is 2.59. The van der Waals surface area contributed by atoms with Crippen LogP contribution in [0.2, 0.25) is 0 Å². The first kappa shape index (κ1) is 10.6. The lowest BCUT2D eigenvalue weighted by Crippen LogP contribution is -2.16. The van der Waals surface area contributed by atoms with E-state index >= 15 is 0 Å². The number of rotatable bonds is 4. The fourth-order valence-electron chi connectivity index (χ4n) is 3.41. The second-order valence-electron chi connectivity index (χ2n) is 5.79. The first-order valence-corrected chi connectivity index (χ1v) is 7.03. The average Bonchev–Trinajstić information content (AvgIpc) is 3.21. The molecule has 0 N–H and O–H groups in total. The van der Waals surface area contributed by atoms with Crippen molar-refractivity contribution < 1.29 is 9.53 Å². The Bertz CT molecular complexity index is 516. The van der Waals surface area contributed by atoms with E-state index in [1.54, 1.807) is 0 Å². The van der Waals surface area contributed by atoms with E-state index in [1.165, 1.54) is 36.2 Å². The third-order valence-corrected chi connectivity index (χ3v) is 4.40. The minimum atomic E-state index is -0.159. The van der Waals surface area contributed by atoms with Crippen molar-refractivity contribution in [1.82, 2.24) is 9.78 Å². The van der Waals surface area contributed by atoms with E-state index in [0.29, 0.717) is 19.1 Å². The second-order valence-corrected chi connectivity index (χ2v) is 5.79. The zero-order valence-electron chi connectivity index (χ0n) is 10.7. The lowest BCUT2D eigenvalue weighted by atomic mass is 10.1. The van der Waals surface area contributed by atoms with Crippen LogP contribution in [0, 0.1) is 5.92 Å². The van der Waals surface area contributed by atoms with Gasteiger partial charge in [0.25, 0.3) is 0 Å². The molecule has 4 rings (SSSR count). The summed E-state index contributed by atoms with van der Waals surface area (Å²) in [5.74, 6) is 2.15. The Morgan fingerprint density at radius 2 is 2.33 bits per heavy atom. The monoisotopic (exact) mass is 246 g/mol. The summed E-state index contributed by atoms with van der Waals surface area (Å²) in [6, 6.07) is 0. The van der Waals surface area contributed by atoms with Crippen molar-refractivity contribution in [3.05, 3.63) is 17.0 Å². The summed E-state index contributed by atoms with van der Waals surface area (Å²) in [5.41, 5.74) is 4.14. The Balaban J connectivity index is 1.66. The van der Waals surface area contributed by atoms with Crippen LogP contribution in [0.4, 0.5) is 0 Å². The predicted octanol–water partition coefficient (Wildman–Crippen LogP) is 1.98. The maximum Gasteiger partial charge on any atom is 0.327 e. The Labute approximate surface area is 106 Å². The largest absolute Gasteiger partial charge is 0.465 e. The zero-order valence-corrected chi connectivity index (χ0v) is 10.7. The van der Waals surface area contributed by atoms with Crippen LogP contribution in [0.1, 0.15) is 55.0 Å². The molecule has 96 valence electrons. The van der Waals surface area contributed by atoms with Crippen molar-refractivity contribution in [3.63, 3.8) is 0 Å². The molecule has 0 spiro atoms. The van der Waals surface area contributed by atoms with Gasteiger partial charge in [0.2, 0.25) is 0 Å². The summed E-state index contributed by atoms with van der Waals surface area (Å²) in [7, 11) is 0. The lowest BCUT2D eigenvalue weighted by molar-refractivity contribution is -0.144. The Hall–Kier alpha value is -1.32. The maximum absolute atomic E-state index is 11.6. The topological polar surface area (TPSA) is 44.1 Å². The number of hydrogen-bond acceptors (Lipinski definition) is 3. The number of fused-ring (bicyclic) bond motifs is 3. The van der Waals surface area contributed by atoms with E-state index in [-0.39, 0.29) is 5.97 Å². The van der Waals surface area contributed by atoms with Gasteiger partial charge in [0.05, 0.1) is 12.3 Å². The average molecular weight is 246 g/mol. The van der Waals surface area contributed by atoms with Gasteiger partial charge in [-0.05, 0) is 44.4 Å². The quantitative estimate of drug-likeness (QED) is 0.763. The van der Waals surface area contributed by atoms with Gasteiger partial charge in [0, 0.05) is 17.2 Å². The first-order valence-electron chi connectivity index (χ1n) is 7.03. The van der Waals surface area contributed by atoms with Crippen LogP contribution in [0.3, 0.4) is 0 Å². The number of esters is 1. The number of carbonyl (C=O) groups excluding carboxylic acids is 1. The van der Waals surface area contributed by atoms with Crippen LogP contribution < -0.4 is 0 Å². The Morgan fingerprint density at radius 1 is 1.50 bits per heavy atom. The molecule has 18 heavy (non-hydrogen) atoms. The van der Waals surface area contributed by atoms with Gasteiger partial charge in [-0.2, -0.15) is 5.10 Å². The molecule has 3 aliphatic carbocycles. The minimum Gasteiger partial charge on any atom is -0.465 e. The SMILES string of the molecule is CCOC(=O)Cn1nc2c(c1C1CC1)C1CC1C2. The highest BCUT2D eigenvalue weighted by molar-refractivity contribution is 5.69. The molecule has 0 radical (unpaired) electrons. The van der Waals surface area contributed by atoms with Crippen molar-refractivity contribution in [1.29, 1.82) is 0 Å². The normalized spacial score (nSPS) is 27.8. The summed E-state index contributed by atoms with van der Waals surface area (Å²) < 4.78 is 6.98. The van der Waals surface area contributed by atoms with E-state index in [1.807, 2.05) is 11.6 Å². The van der Waals surface area contributed by atoms with Crippen LogP contribution in [-0.2, 0) is 22.5 Å². The molecule has 4 nitrogen and oxygen atoms in total. The van der Waals surface area contributed by atoms with Crippen LogP contribution in [0.15, 0.2) is 0 Å². The second kappa shape index (κ2) is 3.59. The molecule has 0 saturated heterocycles. The molecule has 0 aromatic carbocycles. The number of ether oxygens (including phenoxy) is 1. The number of aromatic nitrogens is 2. The molecule has 2 unspecified atom stereocenters. The summed E-state index contributed by atoms with van der Waals surface area (Å²) in [6.07, 6.45) is 5.00. The zero-order chi connectivity index (χ0) is 12.3. The standard InChI is InChI=1S/C14H18N2O2/c1-2-18-12(17)7-16-14(8-3-4-8)13-10-5-9(10)6-11(13)15-16/h8-10H,2-7H2,1H3.